The lowest BCUT2D eigenvalue weighted by Gasteiger charge is -2.33. The molecule has 1 aliphatic heterocycles. The lowest BCUT2D eigenvalue weighted by Crippen LogP contribution is -2.30. The largest absolute Gasteiger partial charge is 0.493 e. The summed E-state index contributed by atoms with van der Waals surface area (Å²) in [6.07, 6.45) is 5.39. The fourth-order valence-corrected chi connectivity index (χ4v) is 3.20. The number of nitrogens with one attached hydrogen (secondary N) is 1. The smallest absolute Gasteiger partial charge is 0.275 e. The molecule has 9 heteroatoms. The van der Waals surface area contributed by atoms with Crippen LogP contribution in [0.4, 0.5) is 5.69 Å². The van der Waals surface area contributed by atoms with Crippen LogP contribution in [0, 0.1) is 0 Å². The van der Waals surface area contributed by atoms with Crippen molar-refractivity contribution < 1.29 is 14.3 Å². The molecule has 2 aromatic rings. The van der Waals surface area contributed by atoms with Crippen LogP contribution in [0.15, 0.2) is 35.6 Å². The number of benzene rings is 1. The van der Waals surface area contributed by atoms with Crippen LogP contribution in [-0.2, 0) is 5.54 Å². The van der Waals surface area contributed by atoms with Gasteiger partial charge in [0, 0.05) is 17.7 Å². The van der Waals surface area contributed by atoms with E-state index < -0.39 is 5.54 Å². The average molecular weight is 401 g/mol. The van der Waals surface area contributed by atoms with E-state index in [1.54, 1.807) is 6.07 Å². The van der Waals surface area contributed by atoms with Crippen LogP contribution in [0.2, 0.25) is 0 Å². The van der Waals surface area contributed by atoms with Crippen LogP contribution in [0.3, 0.4) is 0 Å². The van der Waals surface area contributed by atoms with E-state index in [9.17, 15) is 4.79 Å². The Bertz CT molecular complexity index is 888. The Morgan fingerprint density at radius 1 is 1.43 bits per heavy atom. The predicted molar refractivity (Wildman–Crippen MR) is 110 cm³/mol. The summed E-state index contributed by atoms with van der Waals surface area (Å²) in [5.41, 5.74) is 7.14. The number of aromatic nitrogens is 2. The Kier molecular flexibility index (Phi) is 6.03. The topological polar surface area (TPSA) is 112 Å². The number of fused-ring (bicyclic) bond motifs is 1. The quantitative estimate of drug-likeness (QED) is 0.585. The summed E-state index contributed by atoms with van der Waals surface area (Å²) in [5, 5.41) is 3.35. The maximum atomic E-state index is 12.5. The van der Waals surface area contributed by atoms with Gasteiger partial charge in [0.25, 0.3) is 5.91 Å². The fourth-order valence-electron chi connectivity index (χ4n) is 2.90. The molecule has 0 fully saturated rings. The number of nitrogens with zero attached hydrogens (tertiary/aromatic N) is 3. The first-order valence-corrected chi connectivity index (χ1v) is 10.1. The number of amidine groups is 1. The van der Waals surface area contributed by atoms with Crippen LogP contribution in [0.1, 0.15) is 36.3 Å². The number of rotatable bonds is 5. The number of carbonyl (C=O) groups is 1. The Morgan fingerprint density at radius 2 is 2.25 bits per heavy atom. The van der Waals surface area contributed by atoms with Crippen molar-refractivity contribution in [3.63, 3.8) is 0 Å². The molecule has 8 nitrogen and oxygen atoms in total. The van der Waals surface area contributed by atoms with E-state index in [4.69, 9.17) is 15.2 Å². The second-order valence-electron chi connectivity index (χ2n) is 6.36. The number of amides is 1. The molecule has 3 rings (SSSR count). The van der Waals surface area contributed by atoms with Crippen molar-refractivity contribution in [3.05, 3.63) is 41.9 Å². The van der Waals surface area contributed by atoms with Gasteiger partial charge in [-0.25, -0.2) is 9.97 Å². The van der Waals surface area contributed by atoms with Crippen molar-refractivity contribution in [1.29, 1.82) is 0 Å². The highest BCUT2D eigenvalue weighted by Gasteiger charge is 2.33. The van der Waals surface area contributed by atoms with E-state index in [0.717, 1.165) is 11.3 Å². The van der Waals surface area contributed by atoms with E-state index in [0.29, 0.717) is 36.4 Å². The minimum Gasteiger partial charge on any atom is -0.493 e. The van der Waals surface area contributed by atoms with Gasteiger partial charge in [0.2, 0.25) is 5.88 Å². The Morgan fingerprint density at radius 3 is 2.93 bits per heavy atom. The molecule has 2 heterocycles. The lowest BCUT2D eigenvalue weighted by molar-refractivity contribution is 0.102. The molecule has 3 N–H and O–H groups in total. The molecule has 1 aromatic heterocycles. The standard InChI is InChI=1S/C19H23N5O3S/c1-4-26-16-11-21-14(10-22-16)17(25)23-12-5-6-15-13(9-12)19(2,7-8-27-15)24-18(20)28-3/h5-6,9-11H,4,7-8H2,1-3H3,(H2,20,24)(H,23,25)/t19-/m0/s1. The molecule has 0 saturated heterocycles. The number of hydrogen-bond donors (Lipinski definition) is 2. The molecule has 0 radical (unpaired) electrons. The van der Waals surface area contributed by atoms with Gasteiger partial charge >= 0.3 is 0 Å². The van der Waals surface area contributed by atoms with E-state index in [1.165, 1.54) is 24.2 Å². The lowest BCUT2D eigenvalue weighted by atomic mass is 9.87. The summed E-state index contributed by atoms with van der Waals surface area (Å²) < 4.78 is 11.0. The van der Waals surface area contributed by atoms with Gasteiger partial charge in [0.15, 0.2) is 5.17 Å². The van der Waals surface area contributed by atoms with Crippen molar-refractivity contribution >= 4 is 28.5 Å². The molecule has 28 heavy (non-hydrogen) atoms. The second-order valence-corrected chi connectivity index (χ2v) is 7.19. The van der Waals surface area contributed by atoms with E-state index >= 15 is 0 Å². The number of nitrogens with two attached hydrogens (primary N) is 1. The van der Waals surface area contributed by atoms with Crippen molar-refractivity contribution in [3.8, 4) is 11.6 Å². The van der Waals surface area contributed by atoms with Gasteiger partial charge in [-0.1, -0.05) is 11.8 Å². The van der Waals surface area contributed by atoms with Crippen LogP contribution >= 0.6 is 11.8 Å². The summed E-state index contributed by atoms with van der Waals surface area (Å²) in [6, 6.07) is 5.48. The zero-order chi connectivity index (χ0) is 20.1. The maximum absolute atomic E-state index is 12.5. The third kappa shape index (κ3) is 4.36. The maximum Gasteiger partial charge on any atom is 0.275 e. The molecule has 1 atom stereocenters. The average Bonchev–Trinajstić information content (AvgIpc) is 2.69. The monoisotopic (exact) mass is 401 g/mol. The summed E-state index contributed by atoms with van der Waals surface area (Å²) in [4.78, 5) is 25.3. The molecule has 0 saturated carbocycles. The number of thioether (sulfide) groups is 1. The van der Waals surface area contributed by atoms with Gasteiger partial charge in [-0.3, -0.25) is 9.79 Å². The van der Waals surface area contributed by atoms with Crippen LogP contribution in [0.5, 0.6) is 11.6 Å². The number of hydrogen-bond acceptors (Lipinski definition) is 7. The summed E-state index contributed by atoms with van der Waals surface area (Å²) in [6.45, 7) is 4.91. The highest BCUT2D eigenvalue weighted by molar-refractivity contribution is 8.13. The zero-order valence-electron chi connectivity index (χ0n) is 16.1. The van der Waals surface area contributed by atoms with Gasteiger partial charge < -0.3 is 20.5 Å². The number of carbonyl (C=O) groups excluding carboxylic acids is 1. The van der Waals surface area contributed by atoms with Crippen molar-refractivity contribution in [2.75, 3.05) is 24.8 Å². The molecule has 1 aromatic carbocycles. The van der Waals surface area contributed by atoms with Gasteiger partial charge in [-0.2, -0.15) is 0 Å². The minimum atomic E-state index is -0.514. The number of aliphatic imine (C=N–C) groups is 1. The van der Waals surface area contributed by atoms with Crippen LogP contribution in [0.25, 0.3) is 0 Å². The molecule has 0 spiro atoms. The first-order chi connectivity index (χ1) is 13.4. The van der Waals surface area contributed by atoms with E-state index in [2.05, 4.69) is 20.3 Å². The van der Waals surface area contributed by atoms with Crippen molar-refractivity contribution in [1.82, 2.24) is 9.97 Å². The highest BCUT2D eigenvalue weighted by atomic mass is 32.2. The van der Waals surface area contributed by atoms with Gasteiger partial charge in [0.1, 0.15) is 11.4 Å². The molecule has 1 amide bonds. The third-order valence-corrected chi connectivity index (χ3v) is 4.89. The van der Waals surface area contributed by atoms with Gasteiger partial charge in [-0.15, -0.1) is 0 Å². The molecular formula is C19H23N5O3S. The number of ether oxygens (including phenoxy) is 2. The molecule has 0 bridgehead atoms. The molecule has 1 aliphatic rings. The first-order valence-electron chi connectivity index (χ1n) is 8.88. The van der Waals surface area contributed by atoms with Crippen LogP contribution in [-0.4, -0.2) is 40.5 Å². The Balaban J connectivity index is 1.83. The molecular weight excluding hydrogens is 378 g/mol. The van der Waals surface area contributed by atoms with E-state index in [1.807, 2.05) is 32.2 Å². The Labute approximate surface area is 168 Å². The summed E-state index contributed by atoms with van der Waals surface area (Å²) >= 11 is 1.40. The predicted octanol–water partition coefficient (Wildman–Crippen LogP) is 2.80. The fraction of sp³-hybridized carbons (Fsp3) is 0.368. The van der Waals surface area contributed by atoms with Gasteiger partial charge in [-0.05, 0) is 38.3 Å². The SMILES string of the molecule is CCOc1cnc(C(=O)Nc2ccc3c(c2)[C@@](C)(N=C(N)SC)CCO3)cn1. The summed E-state index contributed by atoms with van der Waals surface area (Å²) in [7, 11) is 0. The summed E-state index contributed by atoms with van der Waals surface area (Å²) in [5.74, 6) is 0.760. The zero-order valence-corrected chi connectivity index (χ0v) is 16.9. The minimum absolute atomic E-state index is 0.199. The number of anilines is 1. The van der Waals surface area contributed by atoms with Crippen molar-refractivity contribution in [2.45, 2.75) is 25.8 Å². The first kappa shape index (κ1) is 19.9. The van der Waals surface area contributed by atoms with Crippen LogP contribution < -0.4 is 20.5 Å². The van der Waals surface area contributed by atoms with Gasteiger partial charge in [0.05, 0.1) is 31.1 Å². The third-order valence-electron chi connectivity index (χ3n) is 4.38. The molecule has 148 valence electrons. The highest BCUT2D eigenvalue weighted by Crippen LogP contribution is 2.41. The second kappa shape index (κ2) is 8.47. The van der Waals surface area contributed by atoms with Crippen molar-refractivity contribution in [2.24, 2.45) is 10.7 Å². The Hall–Kier alpha value is -2.81. The molecule has 0 unspecified atom stereocenters. The molecule has 0 aliphatic carbocycles. The van der Waals surface area contributed by atoms with E-state index in [-0.39, 0.29) is 11.6 Å². The normalized spacial score (nSPS) is 18.8.